The largest absolute Gasteiger partial charge is 0.494 e. The van der Waals surface area contributed by atoms with Crippen molar-refractivity contribution in [3.8, 4) is 5.75 Å². The predicted octanol–water partition coefficient (Wildman–Crippen LogP) is 3.66. The summed E-state index contributed by atoms with van der Waals surface area (Å²) in [5, 5.41) is 20.0. The number of hydrogen-bond acceptors (Lipinski definition) is 4. The zero-order chi connectivity index (χ0) is 15.9. The average Bonchev–Trinajstić information content (AvgIpc) is 2.54. The van der Waals surface area contributed by atoms with E-state index >= 15 is 0 Å². The molecule has 2 rings (SSSR count). The number of rotatable bonds is 6. The number of nitrogens with zero attached hydrogens (tertiary/aromatic N) is 1. The van der Waals surface area contributed by atoms with Crippen molar-refractivity contribution in [1.29, 1.82) is 0 Å². The Hall–Kier alpha value is -2.66. The predicted molar refractivity (Wildman–Crippen MR) is 85.6 cm³/mol. The Balaban J connectivity index is 2.17. The lowest BCUT2D eigenvalue weighted by Gasteiger charge is -2.03. The maximum atomic E-state index is 10.8. The molecular formula is C17H17NO4. The summed E-state index contributed by atoms with van der Waals surface area (Å²) in [5.74, 6) is 0.817. The zero-order valence-electron chi connectivity index (χ0n) is 12.2. The van der Waals surface area contributed by atoms with E-state index in [4.69, 9.17) is 4.74 Å². The maximum Gasteiger partial charge on any atom is 0.274 e. The SMILES string of the molecule is CCOc1ccc(/C=C/c2ccc([N+](=O)[O-])c(CO)c2)cc1. The highest BCUT2D eigenvalue weighted by molar-refractivity contribution is 5.70. The first kappa shape index (κ1) is 15.7. The summed E-state index contributed by atoms with van der Waals surface area (Å²) < 4.78 is 5.37. The average molecular weight is 299 g/mol. The first-order chi connectivity index (χ1) is 10.6. The second kappa shape index (κ2) is 7.38. The van der Waals surface area contributed by atoms with Crippen LogP contribution in [0.5, 0.6) is 5.75 Å². The maximum absolute atomic E-state index is 10.8. The van der Waals surface area contributed by atoms with E-state index in [9.17, 15) is 15.2 Å². The number of nitro benzene ring substituents is 1. The Bertz CT molecular complexity index is 678. The summed E-state index contributed by atoms with van der Waals surface area (Å²) in [6.07, 6.45) is 3.75. The molecule has 22 heavy (non-hydrogen) atoms. The Morgan fingerprint density at radius 1 is 1.14 bits per heavy atom. The van der Waals surface area contributed by atoms with E-state index in [0.29, 0.717) is 12.2 Å². The fourth-order valence-electron chi connectivity index (χ4n) is 2.05. The molecule has 5 nitrogen and oxygen atoms in total. The third kappa shape index (κ3) is 3.93. The van der Waals surface area contributed by atoms with Gasteiger partial charge in [-0.05, 0) is 42.3 Å². The lowest BCUT2D eigenvalue weighted by Crippen LogP contribution is -1.95. The van der Waals surface area contributed by atoms with Crippen LogP contribution in [0.25, 0.3) is 12.2 Å². The number of ether oxygens (including phenoxy) is 1. The molecule has 0 saturated heterocycles. The van der Waals surface area contributed by atoms with Crippen molar-refractivity contribution >= 4 is 17.8 Å². The fourth-order valence-corrected chi connectivity index (χ4v) is 2.05. The van der Waals surface area contributed by atoms with E-state index in [1.54, 1.807) is 12.1 Å². The molecule has 0 spiro atoms. The van der Waals surface area contributed by atoms with Crippen molar-refractivity contribution in [1.82, 2.24) is 0 Å². The van der Waals surface area contributed by atoms with E-state index in [2.05, 4.69) is 0 Å². The molecule has 0 fully saturated rings. The molecule has 0 saturated carbocycles. The van der Waals surface area contributed by atoms with Gasteiger partial charge in [0.25, 0.3) is 5.69 Å². The van der Waals surface area contributed by atoms with Crippen molar-refractivity contribution in [3.63, 3.8) is 0 Å². The lowest BCUT2D eigenvalue weighted by atomic mass is 10.1. The molecule has 0 radical (unpaired) electrons. The van der Waals surface area contributed by atoms with Crippen LogP contribution in [-0.4, -0.2) is 16.6 Å². The molecule has 5 heteroatoms. The second-order valence-electron chi connectivity index (χ2n) is 4.64. The van der Waals surface area contributed by atoms with Gasteiger partial charge in [-0.2, -0.15) is 0 Å². The number of aliphatic hydroxyl groups is 1. The van der Waals surface area contributed by atoms with Crippen LogP contribution >= 0.6 is 0 Å². The molecule has 2 aromatic rings. The van der Waals surface area contributed by atoms with Gasteiger partial charge >= 0.3 is 0 Å². The highest BCUT2D eigenvalue weighted by Gasteiger charge is 2.12. The molecule has 0 bridgehead atoms. The molecule has 114 valence electrons. The van der Waals surface area contributed by atoms with Gasteiger partial charge in [-0.3, -0.25) is 10.1 Å². The van der Waals surface area contributed by atoms with Gasteiger partial charge in [-0.25, -0.2) is 0 Å². The summed E-state index contributed by atoms with van der Waals surface area (Å²) in [6, 6.07) is 12.3. The number of benzene rings is 2. The Morgan fingerprint density at radius 2 is 1.77 bits per heavy atom. The molecule has 0 aliphatic heterocycles. The van der Waals surface area contributed by atoms with Crippen molar-refractivity contribution in [3.05, 3.63) is 69.3 Å². The van der Waals surface area contributed by atoms with E-state index in [1.165, 1.54) is 6.07 Å². The van der Waals surface area contributed by atoms with Crippen molar-refractivity contribution in [2.24, 2.45) is 0 Å². The van der Waals surface area contributed by atoms with Crippen LogP contribution in [-0.2, 0) is 6.61 Å². The van der Waals surface area contributed by atoms with E-state index in [-0.39, 0.29) is 12.3 Å². The van der Waals surface area contributed by atoms with E-state index in [0.717, 1.165) is 16.9 Å². The van der Waals surface area contributed by atoms with Crippen LogP contribution in [0.15, 0.2) is 42.5 Å². The van der Waals surface area contributed by atoms with E-state index < -0.39 is 4.92 Å². The number of aliphatic hydroxyl groups excluding tert-OH is 1. The molecular weight excluding hydrogens is 282 g/mol. The summed E-state index contributed by atoms with van der Waals surface area (Å²) in [4.78, 5) is 10.3. The number of nitro groups is 1. The Labute approximate surface area is 128 Å². The van der Waals surface area contributed by atoms with Crippen LogP contribution in [0.4, 0.5) is 5.69 Å². The van der Waals surface area contributed by atoms with Gasteiger partial charge in [-0.15, -0.1) is 0 Å². The molecule has 0 atom stereocenters. The summed E-state index contributed by atoms with van der Waals surface area (Å²) in [7, 11) is 0. The van der Waals surface area contributed by atoms with Crippen LogP contribution in [0.2, 0.25) is 0 Å². The molecule has 0 amide bonds. The molecule has 0 aliphatic rings. The summed E-state index contributed by atoms with van der Waals surface area (Å²) in [5.41, 5.74) is 2.02. The van der Waals surface area contributed by atoms with Crippen molar-refractivity contribution in [2.75, 3.05) is 6.61 Å². The van der Waals surface area contributed by atoms with Gasteiger partial charge < -0.3 is 9.84 Å². The van der Waals surface area contributed by atoms with Gasteiger partial charge in [0.1, 0.15) is 5.75 Å². The monoisotopic (exact) mass is 299 g/mol. The topological polar surface area (TPSA) is 72.6 Å². The standard InChI is InChI=1S/C17H17NO4/c1-2-22-16-8-5-13(6-9-16)3-4-14-7-10-17(18(20)21)15(11-14)12-19/h3-11,19H,2,12H2,1H3/b4-3+. The van der Waals surface area contributed by atoms with Crippen LogP contribution in [0.1, 0.15) is 23.6 Å². The lowest BCUT2D eigenvalue weighted by molar-refractivity contribution is -0.385. The van der Waals surface area contributed by atoms with Gasteiger partial charge in [0.15, 0.2) is 0 Å². The minimum atomic E-state index is -0.495. The highest BCUT2D eigenvalue weighted by atomic mass is 16.6. The Kier molecular flexibility index (Phi) is 5.27. The minimum absolute atomic E-state index is 0.0688. The quantitative estimate of drug-likeness (QED) is 0.502. The Morgan fingerprint density at radius 3 is 2.36 bits per heavy atom. The van der Waals surface area contributed by atoms with Crippen LogP contribution in [0, 0.1) is 10.1 Å². The van der Waals surface area contributed by atoms with Crippen molar-refractivity contribution < 1.29 is 14.8 Å². The van der Waals surface area contributed by atoms with Gasteiger partial charge in [0.05, 0.1) is 23.7 Å². The third-order valence-electron chi connectivity index (χ3n) is 3.13. The van der Waals surface area contributed by atoms with Crippen LogP contribution in [0.3, 0.4) is 0 Å². The summed E-state index contributed by atoms with van der Waals surface area (Å²) in [6.45, 7) is 2.20. The fraction of sp³-hybridized carbons (Fsp3) is 0.176. The number of hydrogen-bond donors (Lipinski definition) is 1. The third-order valence-corrected chi connectivity index (χ3v) is 3.13. The normalized spacial score (nSPS) is 10.8. The summed E-state index contributed by atoms with van der Waals surface area (Å²) >= 11 is 0. The molecule has 0 aromatic heterocycles. The molecule has 1 N–H and O–H groups in total. The highest BCUT2D eigenvalue weighted by Crippen LogP contribution is 2.21. The van der Waals surface area contributed by atoms with Gasteiger partial charge in [0.2, 0.25) is 0 Å². The first-order valence-electron chi connectivity index (χ1n) is 6.93. The molecule has 0 heterocycles. The van der Waals surface area contributed by atoms with Gasteiger partial charge in [0, 0.05) is 6.07 Å². The molecule has 0 aliphatic carbocycles. The minimum Gasteiger partial charge on any atom is -0.494 e. The van der Waals surface area contributed by atoms with E-state index in [1.807, 2.05) is 43.3 Å². The first-order valence-corrected chi connectivity index (χ1v) is 6.93. The van der Waals surface area contributed by atoms with Gasteiger partial charge in [-0.1, -0.05) is 24.3 Å². The van der Waals surface area contributed by atoms with Crippen molar-refractivity contribution in [2.45, 2.75) is 13.5 Å². The van der Waals surface area contributed by atoms with Crippen LogP contribution < -0.4 is 4.74 Å². The zero-order valence-corrected chi connectivity index (χ0v) is 12.2. The molecule has 2 aromatic carbocycles. The molecule has 0 unspecified atom stereocenters. The smallest absolute Gasteiger partial charge is 0.274 e. The second-order valence-corrected chi connectivity index (χ2v) is 4.64.